The summed E-state index contributed by atoms with van der Waals surface area (Å²) in [7, 11) is 1.86. The highest BCUT2D eigenvalue weighted by Gasteiger charge is 2.20. The van der Waals surface area contributed by atoms with Crippen LogP contribution in [0.2, 0.25) is 0 Å². The summed E-state index contributed by atoms with van der Waals surface area (Å²) in [5, 5.41) is 5.80. The van der Waals surface area contributed by atoms with Gasteiger partial charge >= 0.3 is 6.03 Å². The number of urea groups is 1. The molecule has 1 aromatic heterocycles. The van der Waals surface area contributed by atoms with Crippen LogP contribution in [0, 0.1) is 11.7 Å². The van der Waals surface area contributed by atoms with Crippen LogP contribution < -0.4 is 10.6 Å². The number of aryl methyl sites for hydroxylation is 1. The molecule has 1 heterocycles. The predicted octanol–water partition coefficient (Wildman–Crippen LogP) is 3.38. The third kappa shape index (κ3) is 5.08. The molecule has 2 aromatic rings. The van der Waals surface area contributed by atoms with Crippen LogP contribution in [0.25, 0.3) is 0 Å². The fraction of sp³-hybridized carbons (Fsp3) is 0.444. The summed E-state index contributed by atoms with van der Waals surface area (Å²) in [5.41, 5.74) is 0.781. The zero-order valence-corrected chi connectivity index (χ0v) is 14.4. The maximum atomic E-state index is 13.2. The number of amides is 2. The summed E-state index contributed by atoms with van der Waals surface area (Å²) in [6.07, 6.45) is 5.50. The van der Waals surface area contributed by atoms with Crippen molar-refractivity contribution in [3.63, 3.8) is 0 Å². The lowest BCUT2D eigenvalue weighted by Crippen LogP contribution is -2.39. The fourth-order valence-electron chi connectivity index (χ4n) is 2.50. The lowest BCUT2D eigenvalue weighted by atomic mass is 10.1. The number of carbonyl (C=O) groups excluding carboxylic acids is 1. The highest BCUT2D eigenvalue weighted by Crippen LogP contribution is 2.20. The van der Waals surface area contributed by atoms with Crippen molar-refractivity contribution in [1.29, 1.82) is 0 Å². The van der Waals surface area contributed by atoms with Crippen molar-refractivity contribution in [2.75, 3.05) is 6.54 Å². The van der Waals surface area contributed by atoms with Crippen LogP contribution in [0.4, 0.5) is 9.18 Å². The topological polar surface area (TPSA) is 59.0 Å². The molecule has 2 amide bonds. The average Bonchev–Trinajstić information content (AvgIpc) is 2.96. The van der Waals surface area contributed by atoms with Crippen molar-refractivity contribution < 1.29 is 9.18 Å². The fourth-order valence-corrected chi connectivity index (χ4v) is 2.50. The Hall–Kier alpha value is -2.37. The highest BCUT2D eigenvalue weighted by atomic mass is 19.1. The standard InChI is InChI=1S/C18H25FN4O/c1-13(2)5-4-10-21-18(24)22-16(17-20-11-12-23(17)3)14-6-8-15(19)9-7-14/h6-9,11-13,16H,4-5,10H2,1-3H3,(H2,21,22,24)/t16-/m1/s1. The molecule has 1 aromatic carbocycles. The molecule has 1 atom stereocenters. The quantitative estimate of drug-likeness (QED) is 0.764. The molecule has 0 bridgehead atoms. The molecule has 0 spiro atoms. The van der Waals surface area contributed by atoms with Gasteiger partial charge in [0.15, 0.2) is 0 Å². The van der Waals surface area contributed by atoms with Crippen LogP contribution in [0.1, 0.15) is 44.1 Å². The van der Waals surface area contributed by atoms with E-state index in [1.54, 1.807) is 18.3 Å². The van der Waals surface area contributed by atoms with Crippen molar-refractivity contribution in [3.05, 3.63) is 53.9 Å². The zero-order valence-electron chi connectivity index (χ0n) is 14.4. The van der Waals surface area contributed by atoms with Gasteiger partial charge < -0.3 is 15.2 Å². The smallest absolute Gasteiger partial charge is 0.315 e. The van der Waals surface area contributed by atoms with E-state index in [0.29, 0.717) is 18.3 Å². The number of benzene rings is 1. The zero-order chi connectivity index (χ0) is 17.5. The van der Waals surface area contributed by atoms with E-state index in [9.17, 15) is 9.18 Å². The lowest BCUT2D eigenvalue weighted by Gasteiger charge is -2.19. The normalized spacial score (nSPS) is 12.2. The van der Waals surface area contributed by atoms with Crippen LogP contribution in [-0.2, 0) is 7.05 Å². The minimum absolute atomic E-state index is 0.254. The van der Waals surface area contributed by atoms with E-state index in [-0.39, 0.29) is 11.8 Å². The molecule has 6 heteroatoms. The molecular weight excluding hydrogens is 307 g/mol. The number of nitrogens with one attached hydrogen (secondary N) is 2. The van der Waals surface area contributed by atoms with E-state index in [2.05, 4.69) is 29.5 Å². The number of aromatic nitrogens is 2. The molecular formula is C18H25FN4O. The van der Waals surface area contributed by atoms with Gasteiger partial charge in [-0.3, -0.25) is 0 Å². The van der Waals surface area contributed by atoms with Crippen molar-refractivity contribution in [2.24, 2.45) is 13.0 Å². The van der Waals surface area contributed by atoms with Gasteiger partial charge in [0.1, 0.15) is 17.7 Å². The largest absolute Gasteiger partial charge is 0.338 e. The Labute approximate surface area is 142 Å². The number of hydrogen-bond acceptors (Lipinski definition) is 2. The Bertz CT molecular complexity index is 651. The Morgan fingerprint density at radius 2 is 2.00 bits per heavy atom. The molecule has 0 aliphatic heterocycles. The first-order valence-electron chi connectivity index (χ1n) is 8.24. The van der Waals surface area contributed by atoms with Crippen LogP contribution in [-0.4, -0.2) is 22.1 Å². The second kappa shape index (κ2) is 8.47. The Balaban J connectivity index is 2.05. The number of hydrogen-bond donors (Lipinski definition) is 2. The summed E-state index contributed by atoms with van der Waals surface area (Å²) in [5.74, 6) is 1.00. The van der Waals surface area contributed by atoms with Crippen molar-refractivity contribution in [2.45, 2.75) is 32.7 Å². The first-order chi connectivity index (χ1) is 11.5. The van der Waals surface area contributed by atoms with E-state index in [0.717, 1.165) is 18.4 Å². The van der Waals surface area contributed by atoms with Crippen molar-refractivity contribution >= 4 is 6.03 Å². The summed E-state index contributed by atoms with van der Waals surface area (Å²) in [6.45, 7) is 4.94. The number of rotatable bonds is 7. The predicted molar refractivity (Wildman–Crippen MR) is 92.1 cm³/mol. The lowest BCUT2D eigenvalue weighted by molar-refractivity contribution is 0.237. The average molecular weight is 332 g/mol. The summed E-state index contributed by atoms with van der Waals surface area (Å²) in [6, 6.07) is 5.40. The number of imidazole rings is 1. The Kier molecular flexibility index (Phi) is 6.35. The first kappa shape index (κ1) is 18.0. The van der Waals surface area contributed by atoms with Crippen LogP contribution in [0.3, 0.4) is 0 Å². The summed E-state index contributed by atoms with van der Waals surface area (Å²) in [4.78, 5) is 16.5. The number of nitrogens with zero attached hydrogens (tertiary/aromatic N) is 2. The molecule has 24 heavy (non-hydrogen) atoms. The molecule has 0 radical (unpaired) electrons. The summed E-state index contributed by atoms with van der Waals surface area (Å²) >= 11 is 0. The SMILES string of the molecule is CC(C)CCCNC(=O)N[C@H](c1ccc(F)cc1)c1nccn1C. The third-order valence-electron chi connectivity index (χ3n) is 3.84. The van der Waals surface area contributed by atoms with Gasteiger partial charge in [0.25, 0.3) is 0 Å². The second-order valence-electron chi connectivity index (χ2n) is 6.32. The number of halogens is 1. The van der Waals surface area contributed by atoms with E-state index < -0.39 is 6.04 Å². The van der Waals surface area contributed by atoms with Gasteiger partial charge in [-0.15, -0.1) is 0 Å². The second-order valence-corrected chi connectivity index (χ2v) is 6.32. The van der Waals surface area contributed by atoms with Gasteiger partial charge in [-0.2, -0.15) is 0 Å². The molecule has 2 N–H and O–H groups in total. The summed E-state index contributed by atoms with van der Waals surface area (Å²) < 4.78 is 15.0. The van der Waals surface area contributed by atoms with Gasteiger partial charge in [-0.25, -0.2) is 14.2 Å². The molecule has 0 saturated carbocycles. The molecule has 5 nitrogen and oxygen atoms in total. The van der Waals surface area contributed by atoms with Gasteiger partial charge in [0, 0.05) is 26.0 Å². The Morgan fingerprint density at radius 1 is 1.29 bits per heavy atom. The van der Waals surface area contributed by atoms with Crippen LogP contribution in [0.15, 0.2) is 36.7 Å². The van der Waals surface area contributed by atoms with Crippen LogP contribution >= 0.6 is 0 Å². The highest BCUT2D eigenvalue weighted by molar-refractivity contribution is 5.74. The van der Waals surface area contributed by atoms with E-state index in [1.807, 2.05) is 17.8 Å². The minimum Gasteiger partial charge on any atom is -0.338 e. The van der Waals surface area contributed by atoms with Crippen LogP contribution in [0.5, 0.6) is 0 Å². The third-order valence-corrected chi connectivity index (χ3v) is 3.84. The molecule has 0 aliphatic carbocycles. The van der Waals surface area contributed by atoms with Gasteiger partial charge in [0.2, 0.25) is 0 Å². The van der Waals surface area contributed by atoms with Gasteiger partial charge in [-0.1, -0.05) is 26.0 Å². The number of carbonyl (C=O) groups is 1. The maximum absolute atomic E-state index is 13.2. The van der Waals surface area contributed by atoms with Gasteiger partial charge in [0.05, 0.1) is 0 Å². The Morgan fingerprint density at radius 3 is 2.58 bits per heavy atom. The maximum Gasteiger partial charge on any atom is 0.315 e. The van der Waals surface area contributed by atoms with Crippen molar-refractivity contribution in [1.82, 2.24) is 20.2 Å². The molecule has 130 valence electrons. The van der Waals surface area contributed by atoms with Crippen molar-refractivity contribution in [3.8, 4) is 0 Å². The van der Waals surface area contributed by atoms with E-state index in [1.165, 1.54) is 12.1 Å². The van der Waals surface area contributed by atoms with E-state index >= 15 is 0 Å². The molecule has 0 unspecified atom stereocenters. The monoisotopic (exact) mass is 332 g/mol. The van der Waals surface area contributed by atoms with Gasteiger partial charge in [-0.05, 0) is 36.5 Å². The molecule has 0 saturated heterocycles. The van der Waals surface area contributed by atoms with E-state index in [4.69, 9.17) is 0 Å². The first-order valence-corrected chi connectivity index (χ1v) is 8.24. The molecule has 0 fully saturated rings. The molecule has 0 aliphatic rings. The molecule has 2 rings (SSSR count). The minimum atomic E-state index is -0.435.